The minimum atomic E-state index is -0.801. The van der Waals surface area contributed by atoms with Crippen LogP contribution in [-0.2, 0) is 16.1 Å². The summed E-state index contributed by atoms with van der Waals surface area (Å²) in [5, 5.41) is 3.89. The summed E-state index contributed by atoms with van der Waals surface area (Å²) in [6.45, 7) is 1.76. The minimum Gasteiger partial charge on any atom is -0.481 e. The van der Waals surface area contributed by atoms with Crippen molar-refractivity contribution in [2.45, 2.75) is 31.8 Å². The number of halogens is 1. The normalized spacial score (nSPS) is 20.4. The molecule has 0 unspecified atom stereocenters. The van der Waals surface area contributed by atoms with Gasteiger partial charge in [-0.1, -0.05) is 6.07 Å². The Hall–Kier alpha value is -4.32. The lowest BCUT2D eigenvalue weighted by Crippen LogP contribution is -2.58. The van der Waals surface area contributed by atoms with Gasteiger partial charge in [0.05, 0.1) is 23.4 Å². The number of nitrogens with zero attached hydrogens (tertiary/aromatic N) is 4. The molecular formula is C26H24FN5O6. The van der Waals surface area contributed by atoms with Gasteiger partial charge in [-0.2, -0.15) is 5.01 Å². The molecule has 2 aromatic carbocycles. The van der Waals surface area contributed by atoms with Gasteiger partial charge in [0.15, 0.2) is 6.61 Å². The Morgan fingerprint density at radius 2 is 1.68 bits per heavy atom. The fourth-order valence-corrected chi connectivity index (χ4v) is 5.48. The standard InChI is InChI=1S/C26H24FN5O6/c27-16-2-4-20-21(12-16)38-14-23(34)31(20)17-5-8-29(9-6-17)13-15-1-3-18-19(11-15)25(36)32(24(18)35)30-10-7-22(33)28-26(30)37/h1-4,11-12,17H,5-10,13-14H2,(H,28,33,37). The molecule has 4 heterocycles. The maximum absolute atomic E-state index is 13.6. The van der Waals surface area contributed by atoms with Crippen molar-refractivity contribution < 1.29 is 33.1 Å². The lowest BCUT2D eigenvalue weighted by atomic mass is 10.00. The summed E-state index contributed by atoms with van der Waals surface area (Å²) in [7, 11) is 0. The third-order valence-corrected chi connectivity index (χ3v) is 7.33. The number of piperidine rings is 1. The lowest BCUT2D eigenvalue weighted by Gasteiger charge is -2.40. The van der Waals surface area contributed by atoms with Gasteiger partial charge in [-0.3, -0.25) is 29.4 Å². The van der Waals surface area contributed by atoms with Gasteiger partial charge < -0.3 is 9.64 Å². The van der Waals surface area contributed by atoms with E-state index < -0.39 is 29.6 Å². The summed E-state index contributed by atoms with van der Waals surface area (Å²) in [6.07, 6.45) is 1.42. The summed E-state index contributed by atoms with van der Waals surface area (Å²) >= 11 is 0. The number of hydrogen-bond donors (Lipinski definition) is 1. The molecule has 0 radical (unpaired) electrons. The Balaban J connectivity index is 1.12. The van der Waals surface area contributed by atoms with E-state index in [0.717, 1.165) is 15.6 Å². The van der Waals surface area contributed by atoms with E-state index in [9.17, 15) is 28.4 Å². The number of benzene rings is 2. The number of hydrogen-bond acceptors (Lipinski definition) is 7. The zero-order valence-corrected chi connectivity index (χ0v) is 20.3. The van der Waals surface area contributed by atoms with Gasteiger partial charge in [-0.15, -0.1) is 0 Å². The van der Waals surface area contributed by atoms with Gasteiger partial charge in [0.1, 0.15) is 11.6 Å². The van der Waals surface area contributed by atoms with E-state index in [0.29, 0.717) is 43.9 Å². The molecule has 0 bridgehead atoms. The van der Waals surface area contributed by atoms with Crippen molar-refractivity contribution in [3.8, 4) is 5.75 Å². The largest absolute Gasteiger partial charge is 0.481 e. The van der Waals surface area contributed by atoms with Crippen molar-refractivity contribution in [1.82, 2.24) is 20.2 Å². The average molecular weight is 522 g/mol. The second kappa shape index (κ2) is 9.21. The fourth-order valence-electron chi connectivity index (χ4n) is 5.48. The van der Waals surface area contributed by atoms with Crippen molar-refractivity contribution in [2.75, 3.05) is 31.1 Å². The number of imide groups is 2. The van der Waals surface area contributed by atoms with Gasteiger partial charge >= 0.3 is 6.03 Å². The van der Waals surface area contributed by atoms with Crippen LogP contribution in [0.15, 0.2) is 36.4 Å². The fraction of sp³-hybridized carbons (Fsp3) is 0.346. The van der Waals surface area contributed by atoms with Crippen LogP contribution in [0.5, 0.6) is 5.75 Å². The first-order chi connectivity index (χ1) is 18.3. The molecule has 0 aromatic heterocycles. The van der Waals surface area contributed by atoms with Crippen LogP contribution in [-0.4, -0.2) is 76.9 Å². The molecule has 0 aliphatic carbocycles. The van der Waals surface area contributed by atoms with Crippen molar-refractivity contribution in [1.29, 1.82) is 0 Å². The van der Waals surface area contributed by atoms with Crippen LogP contribution in [0.4, 0.5) is 14.9 Å². The number of anilines is 1. The van der Waals surface area contributed by atoms with Crippen molar-refractivity contribution in [3.63, 3.8) is 0 Å². The van der Waals surface area contributed by atoms with Gasteiger partial charge in [0.25, 0.3) is 17.7 Å². The van der Waals surface area contributed by atoms with Crippen molar-refractivity contribution in [2.24, 2.45) is 0 Å². The molecule has 6 amide bonds. The highest BCUT2D eigenvalue weighted by atomic mass is 19.1. The number of rotatable bonds is 4. The summed E-state index contributed by atoms with van der Waals surface area (Å²) < 4.78 is 19.0. The topological polar surface area (TPSA) is 120 Å². The molecular weight excluding hydrogens is 497 g/mol. The highest BCUT2D eigenvalue weighted by Crippen LogP contribution is 2.36. The third kappa shape index (κ3) is 4.06. The van der Waals surface area contributed by atoms with E-state index in [1.807, 2.05) is 0 Å². The monoisotopic (exact) mass is 521 g/mol. The first-order valence-electron chi connectivity index (χ1n) is 12.4. The molecule has 4 aliphatic rings. The maximum atomic E-state index is 13.6. The SMILES string of the molecule is O=C1CCN(N2C(=O)c3ccc(CN4CCC(N5C(=O)COc6cc(F)ccc65)CC4)cc3C2=O)C(=O)N1. The number of hydrazine groups is 1. The molecule has 2 saturated heterocycles. The van der Waals surface area contributed by atoms with Crippen LogP contribution in [0.2, 0.25) is 0 Å². The van der Waals surface area contributed by atoms with Gasteiger partial charge in [0.2, 0.25) is 5.91 Å². The van der Waals surface area contributed by atoms with E-state index in [1.165, 1.54) is 12.1 Å². The Labute approximate surface area is 216 Å². The smallest absolute Gasteiger partial charge is 0.343 e. The van der Waals surface area contributed by atoms with Gasteiger partial charge in [0, 0.05) is 38.2 Å². The molecule has 0 atom stereocenters. The molecule has 1 N–H and O–H groups in total. The lowest BCUT2D eigenvalue weighted by molar-refractivity contribution is -0.123. The quantitative estimate of drug-likeness (QED) is 0.608. The number of ether oxygens (including phenoxy) is 1. The Morgan fingerprint density at radius 1 is 0.921 bits per heavy atom. The molecule has 6 rings (SSSR count). The maximum Gasteiger partial charge on any atom is 0.343 e. The van der Waals surface area contributed by atoms with Crippen LogP contribution in [0, 0.1) is 5.82 Å². The van der Waals surface area contributed by atoms with Crippen LogP contribution in [0.25, 0.3) is 0 Å². The van der Waals surface area contributed by atoms with Crippen LogP contribution in [0.1, 0.15) is 45.5 Å². The molecule has 0 saturated carbocycles. The Kier molecular flexibility index (Phi) is 5.83. The zero-order chi connectivity index (χ0) is 26.6. The second-order valence-corrected chi connectivity index (χ2v) is 9.70. The molecule has 2 aromatic rings. The summed E-state index contributed by atoms with van der Waals surface area (Å²) in [5.41, 5.74) is 1.85. The predicted octanol–water partition coefficient (Wildman–Crippen LogP) is 1.67. The van der Waals surface area contributed by atoms with E-state index in [1.54, 1.807) is 29.2 Å². The highest BCUT2D eigenvalue weighted by molar-refractivity contribution is 6.22. The van der Waals surface area contributed by atoms with E-state index >= 15 is 0 Å². The van der Waals surface area contributed by atoms with Crippen LogP contribution in [0.3, 0.4) is 0 Å². The molecule has 4 aliphatic heterocycles. The van der Waals surface area contributed by atoms with Gasteiger partial charge in [-0.05, 0) is 42.7 Å². The summed E-state index contributed by atoms with van der Waals surface area (Å²) in [4.78, 5) is 66.2. The number of likely N-dealkylation sites (tertiary alicyclic amines) is 1. The van der Waals surface area contributed by atoms with Crippen molar-refractivity contribution in [3.05, 3.63) is 58.9 Å². The number of carbonyl (C=O) groups excluding carboxylic acids is 5. The molecule has 196 valence electrons. The average Bonchev–Trinajstić information content (AvgIpc) is 3.14. The number of nitrogens with one attached hydrogen (secondary N) is 1. The zero-order valence-electron chi connectivity index (χ0n) is 20.3. The summed E-state index contributed by atoms with van der Waals surface area (Å²) in [5.74, 6) is -1.86. The van der Waals surface area contributed by atoms with E-state index in [4.69, 9.17) is 4.74 Å². The Bertz CT molecular complexity index is 1390. The molecule has 2 fully saturated rings. The first-order valence-corrected chi connectivity index (χ1v) is 12.4. The minimum absolute atomic E-state index is 0.00112. The highest BCUT2D eigenvalue weighted by Gasteiger charge is 2.43. The number of amides is 6. The number of urea groups is 1. The molecule has 38 heavy (non-hydrogen) atoms. The summed E-state index contributed by atoms with van der Waals surface area (Å²) in [6, 6.07) is 8.40. The number of carbonyl (C=O) groups is 5. The predicted molar refractivity (Wildman–Crippen MR) is 129 cm³/mol. The van der Waals surface area contributed by atoms with E-state index in [2.05, 4.69) is 10.2 Å². The van der Waals surface area contributed by atoms with Crippen molar-refractivity contribution >= 4 is 35.3 Å². The molecule has 11 nitrogen and oxygen atoms in total. The molecule has 12 heteroatoms. The number of fused-ring (bicyclic) bond motifs is 2. The van der Waals surface area contributed by atoms with E-state index in [-0.39, 0.29) is 42.6 Å². The second-order valence-electron chi connectivity index (χ2n) is 9.70. The third-order valence-electron chi connectivity index (χ3n) is 7.33. The molecule has 0 spiro atoms. The first kappa shape index (κ1) is 24.0. The van der Waals surface area contributed by atoms with Crippen LogP contribution < -0.4 is 15.0 Å². The Morgan fingerprint density at radius 3 is 2.45 bits per heavy atom. The van der Waals surface area contributed by atoms with Gasteiger partial charge in [-0.25, -0.2) is 14.2 Å². The van der Waals surface area contributed by atoms with Crippen LogP contribution >= 0.6 is 0 Å².